The van der Waals surface area contributed by atoms with Crippen molar-refractivity contribution in [1.29, 1.82) is 0 Å². The molecule has 0 unspecified atom stereocenters. The first-order chi connectivity index (χ1) is 7.00. The second-order valence-corrected chi connectivity index (χ2v) is 4.06. The first kappa shape index (κ1) is 11.6. The highest BCUT2D eigenvalue weighted by Gasteiger charge is 1.89. The Balaban J connectivity index is 2.16. The lowest BCUT2D eigenvalue weighted by Crippen LogP contribution is -1.79. The molecule has 0 heterocycles. The van der Waals surface area contributed by atoms with Gasteiger partial charge in [-0.3, -0.25) is 0 Å². The molecule has 1 radical (unpaired) electrons. The van der Waals surface area contributed by atoms with Crippen LogP contribution in [0.25, 0.3) is 0 Å². The normalized spacial score (nSPS) is 26.3. The molecule has 0 aromatic rings. The number of rotatable bonds is 0. The van der Waals surface area contributed by atoms with Crippen LogP contribution < -0.4 is 0 Å². The average Bonchev–Trinajstić information content (AvgIpc) is 2.22. The summed E-state index contributed by atoms with van der Waals surface area (Å²) in [5.74, 6) is 0. The molecule has 1 aliphatic carbocycles. The molecule has 0 spiro atoms. The molecule has 1 aliphatic rings. The summed E-state index contributed by atoms with van der Waals surface area (Å²) in [5, 5.41) is 0. The van der Waals surface area contributed by atoms with Crippen LogP contribution in [-0.4, -0.2) is 0 Å². The van der Waals surface area contributed by atoms with Crippen LogP contribution in [-0.2, 0) is 0 Å². The molecule has 0 N–H and O–H groups in total. The summed E-state index contributed by atoms with van der Waals surface area (Å²) in [5.41, 5.74) is 0. The predicted octanol–water partition coefficient (Wildman–Crippen LogP) is 4.83. The van der Waals surface area contributed by atoms with Gasteiger partial charge in [-0.25, -0.2) is 0 Å². The van der Waals surface area contributed by atoms with Gasteiger partial charge in [0.1, 0.15) is 0 Å². The van der Waals surface area contributed by atoms with Crippen molar-refractivity contribution in [2.24, 2.45) is 0 Å². The third kappa shape index (κ3) is 6.94. The van der Waals surface area contributed by atoms with Gasteiger partial charge in [-0.2, -0.15) is 0 Å². The lowest BCUT2D eigenvalue weighted by Gasteiger charge is -1.98. The van der Waals surface area contributed by atoms with E-state index in [0.717, 1.165) is 0 Å². The van der Waals surface area contributed by atoms with E-state index in [1.165, 1.54) is 57.8 Å². The van der Waals surface area contributed by atoms with Crippen LogP contribution in [0.1, 0.15) is 57.8 Å². The van der Waals surface area contributed by atoms with Crippen LogP contribution in [0.2, 0.25) is 0 Å². The summed E-state index contributed by atoms with van der Waals surface area (Å²) in [7, 11) is 0. The first-order valence-electron chi connectivity index (χ1n) is 6.13. The highest BCUT2D eigenvalue weighted by molar-refractivity contribution is 4.94. The SMILES string of the molecule is [CH]1/C=C/CCCC/C=C/CCCCC1. The van der Waals surface area contributed by atoms with Crippen molar-refractivity contribution in [2.45, 2.75) is 57.8 Å². The second-order valence-electron chi connectivity index (χ2n) is 4.06. The fraction of sp³-hybridized carbons (Fsp3) is 0.643. The van der Waals surface area contributed by atoms with Gasteiger partial charge in [0.05, 0.1) is 0 Å². The molecule has 0 atom stereocenters. The Morgan fingerprint density at radius 1 is 0.500 bits per heavy atom. The molecule has 0 amide bonds. The fourth-order valence-corrected chi connectivity index (χ4v) is 1.75. The molecule has 0 aromatic heterocycles. The van der Waals surface area contributed by atoms with Gasteiger partial charge in [-0.05, 0) is 51.4 Å². The molecule has 0 heteroatoms. The van der Waals surface area contributed by atoms with Crippen molar-refractivity contribution < 1.29 is 0 Å². The van der Waals surface area contributed by atoms with E-state index in [1.54, 1.807) is 0 Å². The summed E-state index contributed by atoms with van der Waals surface area (Å²) in [6.45, 7) is 0. The fourth-order valence-electron chi connectivity index (χ4n) is 1.75. The smallest absolute Gasteiger partial charge is 0.0171 e. The molecule has 0 fully saturated rings. The lowest BCUT2D eigenvalue weighted by atomic mass is 10.1. The molecule has 1 rings (SSSR count). The van der Waals surface area contributed by atoms with Crippen molar-refractivity contribution in [3.8, 4) is 0 Å². The van der Waals surface area contributed by atoms with Gasteiger partial charge < -0.3 is 0 Å². The highest BCUT2D eigenvalue weighted by Crippen LogP contribution is 2.09. The summed E-state index contributed by atoms with van der Waals surface area (Å²) < 4.78 is 0. The minimum atomic E-state index is 1.25. The molecule has 0 aliphatic heterocycles. The van der Waals surface area contributed by atoms with Crippen LogP contribution >= 0.6 is 0 Å². The molecule has 0 nitrogen and oxygen atoms in total. The van der Waals surface area contributed by atoms with E-state index in [0.29, 0.717) is 0 Å². The quantitative estimate of drug-likeness (QED) is 0.481. The standard InChI is InChI=1S/C14H23/c1-2-4-6-8-10-12-14-13-11-9-7-5-3-1/h1-3,12,14H,4-11,13H2/b2-1+,14-12+. The number of allylic oxidation sites excluding steroid dienone is 4. The molecule has 14 heavy (non-hydrogen) atoms. The lowest BCUT2D eigenvalue weighted by molar-refractivity contribution is 0.682. The minimum Gasteiger partial charge on any atom is -0.0885 e. The molecule has 0 bridgehead atoms. The van der Waals surface area contributed by atoms with Crippen LogP contribution in [0.4, 0.5) is 0 Å². The molecule has 0 aromatic carbocycles. The van der Waals surface area contributed by atoms with E-state index in [4.69, 9.17) is 0 Å². The maximum absolute atomic E-state index is 2.37. The van der Waals surface area contributed by atoms with Crippen molar-refractivity contribution in [2.75, 3.05) is 0 Å². The van der Waals surface area contributed by atoms with Crippen molar-refractivity contribution in [3.63, 3.8) is 0 Å². The van der Waals surface area contributed by atoms with Gasteiger partial charge in [0.2, 0.25) is 0 Å². The zero-order chi connectivity index (χ0) is 9.90. The molecule has 0 saturated carbocycles. The molecule has 0 saturated heterocycles. The summed E-state index contributed by atoms with van der Waals surface area (Å²) in [6, 6.07) is 0. The Bertz CT molecular complexity index is 145. The summed E-state index contributed by atoms with van der Waals surface area (Å²) in [4.78, 5) is 0. The first-order valence-corrected chi connectivity index (χ1v) is 6.13. The van der Waals surface area contributed by atoms with Gasteiger partial charge in [0.25, 0.3) is 0 Å². The van der Waals surface area contributed by atoms with E-state index in [-0.39, 0.29) is 0 Å². The maximum Gasteiger partial charge on any atom is -0.0171 e. The second kappa shape index (κ2) is 9.05. The minimum absolute atomic E-state index is 1.25. The Morgan fingerprint density at radius 2 is 1.07 bits per heavy atom. The Morgan fingerprint density at radius 3 is 1.86 bits per heavy atom. The van der Waals surface area contributed by atoms with Crippen molar-refractivity contribution in [1.82, 2.24) is 0 Å². The maximum atomic E-state index is 2.37. The van der Waals surface area contributed by atoms with Crippen molar-refractivity contribution in [3.05, 3.63) is 30.7 Å². The number of hydrogen-bond donors (Lipinski definition) is 0. The Labute approximate surface area is 89.1 Å². The van der Waals surface area contributed by atoms with E-state index >= 15 is 0 Å². The summed E-state index contributed by atoms with van der Waals surface area (Å²) in [6.07, 6.45) is 23.5. The third-order valence-electron chi connectivity index (χ3n) is 2.67. The number of hydrogen-bond acceptors (Lipinski definition) is 0. The highest BCUT2D eigenvalue weighted by atomic mass is 14.0. The largest absolute Gasteiger partial charge is 0.0885 e. The van der Waals surface area contributed by atoms with E-state index in [9.17, 15) is 0 Å². The Kier molecular flexibility index (Phi) is 7.47. The van der Waals surface area contributed by atoms with Crippen LogP contribution in [0.3, 0.4) is 0 Å². The van der Waals surface area contributed by atoms with E-state index in [2.05, 4.69) is 30.7 Å². The zero-order valence-corrected chi connectivity index (χ0v) is 9.25. The van der Waals surface area contributed by atoms with Crippen molar-refractivity contribution >= 4 is 0 Å². The molecule has 79 valence electrons. The third-order valence-corrected chi connectivity index (χ3v) is 2.67. The van der Waals surface area contributed by atoms with Crippen LogP contribution in [0, 0.1) is 6.42 Å². The summed E-state index contributed by atoms with van der Waals surface area (Å²) >= 11 is 0. The van der Waals surface area contributed by atoms with Crippen LogP contribution in [0.15, 0.2) is 24.3 Å². The monoisotopic (exact) mass is 191 g/mol. The average molecular weight is 191 g/mol. The van der Waals surface area contributed by atoms with Gasteiger partial charge in [-0.1, -0.05) is 37.1 Å². The van der Waals surface area contributed by atoms with Gasteiger partial charge in [0, 0.05) is 0 Å². The van der Waals surface area contributed by atoms with Gasteiger partial charge >= 0.3 is 0 Å². The predicted molar refractivity (Wildman–Crippen MR) is 64.1 cm³/mol. The molecular weight excluding hydrogens is 168 g/mol. The van der Waals surface area contributed by atoms with Gasteiger partial charge in [0.15, 0.2) is 0 Å². The topological polar surface area (TPSA) is 0 Å². The molecular formula is C14H23. The van der Waals surface area contributed by atoms with Gasteiger partial charge in [-0.15, -0.1) is 0 Å². The zero-order valence-electron chi connectivity index (χ0n) is 9.25. The Hall–Kier alpha value is -0.520. The van der Waals surface area contributed by atoms with E-state index < -0.39 is 0 Å². The van der Waals surface area contributed by atoms with Crippen LogP contribution in [0.5, 0.6) is 0 Å². The van der Waals surface area contributed by atoms with E-state index in [1.807, 2.05) is 0 Å².